The van der Waals surface area contributed by atoms with Crippen molar-refractivity contribution in [3.8, 4) is 5.75 Å². The number of carbonyl (C=O) groups is 3. The molecular formula is C29H29F3N4O6S. The van der Waals surface area contributed by atoms with Gasteiger partial charge in [0.1, 0.15) is 10.3 Å². The number of halogens is 3. The summed E-state index contributed by atoms with van der Waals surface area (Å²) in [6.45, 7) is 5.44. The second-order valence-electron chi connectivity index (χ2n) is 9.70. The number of likely N-dealkylation sites (tertiary alicyclic amines) is 1. The summed E-state index contributed by atoms with van der Waals surface area (Å²) >= 11 is 1.30. The molecule has 1 aromatic carbocycles. The largest absolute Gasteiger partial charge is 0.494 e. The van der Waals surface area contributed by atoms with Crippen molar-refractivity contribution in [2.24, 2.45) is 0 Å². The maximum Gasteiger partial charge on any atom is 0.490 e. The third-order valence-corrected chi connectivity index (χ3v) is 8.28. The molecule has 5 rings (SSSR count). The molecule has 0 bridgehead atoms. The SMILES string of the molecule is CCN(C(C)=O)C1CCN(C(=O)c2sc3c(c2OC)c(=O)n(Cc2ccccn2)c2ccccc32)C1.O=C(O)C(F)(F)F. The van der Waals surface area contributed by atoms with Crippen LogP contribution in [0.4, 0.5) is 13.2 Å². The molecule has 1 atom stereocenters. The van der Waals surface area contributed by atoms with Crippen LogP contribution in [0.5, 0.6) is 5.75 Å². The first-order chi connectivity index (χ1) is 20.4. The number of carbonyl (C=O) groups excluding carboxylic acids is 2. The molecule has 1 fully saturated rings. The molecule has 43 heavy (non-hydrogen) atoms. The maximum absolute atomic E-state index is 13.8. The molecule has 0 aliphatic carbocycles. The minimum Gasteiger partial charge on any atom is -0.494 e. The second-order valence-corrected chi connectivity index (χ2v) is 10.7. The van der Waals surface area contributed by atoms with Crippen molar-refractivity contribution in [3.63, 3.8) is 0 Å². The number of hydrogen-bond acceptors (Lipinski definition) is 7. The number of fused-ring (bicyclic) bond motifs is 3. The number of para-hydroxylation sites is 1. The number of ether oxygens (including phenoxy) is 1. The Bertz CT molecular complexity index is 1720. The molecular weight excluding hydrogens is 589 g/mol. The lowest BCUT2D eigenvalue weighted by Gasteiger charge is -2.26. The van der Waals surface area contributed by atoms with Gasteiger partial charge in [0, 0.05) is 38.1 Å². The fraction of sp³-hybridized carbons (Fsp3) is 0.345. The average molecular weight is 619 g/mol. The summed E-state index contributed by atoms with van der Waals surface area (Å²) in [7, 11) is 1.50. The lowest BCUT2D eigenvalue weighted by Crippen LogP contribution is -2.41. The third-order valence-electron chi connectivity index (χ3n) is 7.09. The summed E-state index contributed by atoms with van der Waals surface area (Å²) in [5, 5.41) is 8.42. The highest BCUT2D eigenvalue weighted by Crippen LogP contribution is 2.40. The first-order valence-corrected chi connectivity index (χ1v) is 14.1. The van der Waals surface area contributed by atoms with Crippen LogP contribution in [0.3, 0.4) is 0 Å². The molecule has 228 valence electrons. The van der Waals surface area contributed by atoms with Crippen LogP contribution in [0.25, 0.3) is 21.0 Å². The number of rotatable bonds is 6. The minimum atomic E-state index is -5.08. The summed E-state index contributed by atoms with van der Waals surface area (Å²) in [5.74, 6) is -2.61. The van der Waals surface area contributed by atoms with Gasteiger partial charge in [0.15, 0.2) is 5.75 Å². The lowest BCUT2D eigenvalue weighted by atomic mass is 10.1. The van der Waals surface area contributed by atoms with Gasteiger partial charge in [-0.25, -0.2) is 4.79 Å². The number of hydrogen-bond donors (Lipinski definition) is 1. The van der Waals surface area contributed by atoms with Gasteiger partial charge >= 0.3 is 12.1 Å². The van der Waals surface area contributed by atoms with Crippen molar-refractivity contribution < 1.29 is 37.4 Å². The monoisotopic (exact) mass is 618 g/mol. The Labute approximate surface area is 247 Å². The zero-order valence-electron chi connectivity index (χ0n) is 23.6. The fourth-order valence-corrected chi connectivity index (χ4v) is 6.42. The zero-order valence-corrected chi connectivity index (χ0v) is 24.4. The number of methoxy groups -OCH3 is 1. The van der Waals surface area contributed by atoms with Crippen molar-refractivity contribution >= 4 is 50.1 Å². The molecule has 4 aromatic rings. The van der Waals surface area contributed by atoms with Crippen LogP contribution in [-0.2, 0) is 16.1 Å². The molecule has 1 aliphatic rings. The Balaban J connectivity index is 0.000000541. The third kappa shape index (κ3) is 6.48. The van der Waals surface area contributed by atoms with Gasteiger partial charge in [0.2, 0.25) is 5.91 Å². The molecule has 1 unspecified atom stereocenters. The van der Waals surface area contributed by atoms with Crippen molar-refractivity contribution in [1.29, 1.82) is 0 Å². The quantitative estimate of drug-likeness (QED) is 0.340. The predicted molar refractivity (Wildman–Crippen MR) is 155 cm³/mol. The molecule has 1 saturated heterocycles. The lowest BCUT2D eigenvalue weighted by molar-refractivity contribution is -0.192. The molecule has 14 heteroatoms. The van der Waals surface area contributed by atoms with Gasteiger partial charge in [0.05, 0.1) is 35.6 Å². The molecule has 2 amide bonds. The molecule has 0 saturated carbocycles. The van der Waals surface area contributed by atoms with Crippen LogP contribution in [0.2, 0.25) is 0 Å². The maximum atomic E-state index is 13.8. The van der Waals surface area contributed by atoms with Crippen LogP contribution < -0.4 is 10.3 Å². The van der Waals surface area contributed by atoms with Crippen LogP contribution >= 0.6 is 11.3 Å². The average Bonchev–Trinajstić information content (AvgIpc) is 3.61. The van der Waals surface area contributed by atoms with Gasteiger partial charge in [-0.15, -0.1) is 11.3 Å². The Morgan fingerprint density at radius 3 is 2.42 bits per heavy atom. The molecule has 4 heterocycles. The second kappa shape index (κ2) is 12.8. The number of benzene rings is 1. The van der Waals surface area contributed by atoms with Crippen molar-refractivity contribution in [2.45, 2.75) is 39.0 Å². The van der Waals surface area contributed by atoms with Crippen LogP contribution in [0, 0.1) is 0 Å². The van der Waals surface area contributed by atoms with Crippen LogP contribution in [-0.4, -0.2) is 81.2 Å². The van der Waals surface area contributed by atoms with Gasteiger partial charge in [-0.1, -0.05) is 24.3 Å². The van der Waals surface area contributed by atoms with Crippen molar-refractivity contribution in [2.75, 3.05) is 26.7 Å². The fourth-order valence-electron chi connectivity index (χ4n) is 5.15. The number of likely N-dealkylation sites (N-methyl/N-ethyl adjacent to an activating group) is 1. The molecule has 10 nitrogen and oxygen atoms in total. The molecule has 3 aromatic heterocycles. The van der Waals surface area contributed by atoms with E-state index in [0.29, 0.717) is 42.2 Å². The number of carboxylic acid groups (broad SMARTS) is 1. The van der Waals surface area contributed by atoms with E-state index < -0.39 is 12.1 Å². The Hall–Kier alpha value is -4.46. The summed E-state index contributed by atoms with van der Waals surface area (Å²) in [6.07, 6.45) is -2.65. The zero-order chi connectivity index (χ0) is 31.5. The highest BCUT2D eigenvalue weighted by Gasteiger charge is 2.38. The molecule has 0 spiro atoms. The van der Waals surface area contributed by atoms with Gasteiger partial charge < -0.3 is 24.2 Å². The summed E-state index contributed by atoms with van der Waals surface area (Å²) in [5.41, 5.74) is 1.34. The Kier molecular flexibility index (Phi) is 9.38. The van der Waals surface area contributed by atoms with E-state index in [1.54, 1.807) is 27.5 Å². The van der Waals surface area contributed by atoms with Crippen molar-refractivity contribution in [1.82, 2.24) is 19.4 Å². The Morgan fingerprint density at radius 2 is 1.84 bits per heavy atom. The topological polar surface area (TPSA) is 122 Å². The normalized spacial score (nSPS) is 14.8. The van der Waals surface area contributed by atoms with Gasteiger partial charge in [0.25, 0.3) is 11.5 Å². The van der Waals surface area contributed by atoms with E-state index in [-0.39, 0.29) is 23.4 Å². The molecule has 0 radical (unpaired) electrons. The standard InChI is InChI=1S/C27H28N4O4S.C2HF3O2/c1-4-30(17(2)32)19-12-14-29(16-19)27(34)25-23(35-3)22-24(36-25)20-10-5-6-11-21(20)31(26(22)33)15-18-9-7-8-13-28-18;3-2(4,5)1(6)7/h5-11,13,19H,4,12,14-16H2,1-3H3;(H,6,7). The van der Waals surface area contributed by atoms with E-state index >= 15 is 0 Å². The summed E-state index contributed by atoms with van der Waals surface area (Å²) in [4.78, 5) is 56.8. The number of amides is 2. The van der Waals surface area contributed by atoms with E-state index in [2.05, 4.69) is 4.98 Å². The van der Waals surface area contributed by atoms with E-state index in [0.717, 1.165) is 27.7 Å². The highest BCUT2D eigenvalue weighted by atomic mass is 32.1. The number of alkyl halides is 3. The van der Waals surface area contributed by atoms with E-state index in [4.69, 9.17) is 14.6 Å². The number of carboxylic acids is 1. The first kappa shape index (κ1) is 31.5. The highest BCUT2D eigenvalue weighted by molar-refractivity contribution is 7.22. The number of nitrogens with zero attached hydrogens (tertiary/aromatic N) is 4. The minimum absolute atomic E-state index is 0.00625. The van der Waals surface area contributed by atoms with Gasteiger partial charge in [-0.05, 0) is 31.5 Å². The number of aromatic nitrogens is 2. The van der Waals surface area contributed by atoms with Gasteiger partial charge in [-0.2, -0.15) is 13.2 Å². The van der Waals surface area contributed by atoms with Crippen LogP contribution in [0.1, 0.15) is 35.6 Å². The van der Waals surface area contributed by atoms with Gasteiger partial charge in [-0.3, -0.25) is 19.4 Å². The summed E-state index contributed by atoms with van der Waals surface area (Å²) in [6, 6.07) is 13.3. The van der Waals surface area contributed by atoms with Crippen LogP contribution in [0.15, 0.2) is 53.5 Å². The molecule has 1 N–H and O–H groups in total. The number of aliphatic carboxylic acids is 1. The predicted octanol–water partition coefficient (Wildman–Crippen LogP) is 4.38. The summed E-state index contributed by atoms with van der Waals surface area (Å²) < 4.78 is 39.9. The smallest absolute Gasteiger partial charge is 0.490 e. The van der Waals surface area contributed by atoms with E-state index in [1.165, 1.54) is 18.4 Å². The number of pyridine rings is 2. The first-order valence-electron chi connectivity index (χ1n) is 13.3. The number of thiophene rings is 1. The Morgan fingerprint density at radius 1 is 1.16 bits per heavy atom. The van der Waals surface area contributed by atoms with E-state index in [1.807, 2.05) is 49.4 Å². The molecule has 1 aliphatic heterocycles. The van der Waals surface area contributed by atoms with Crippen molar-refractivity contribution in [3.05, 3.63) is 69.6 Å². The van der Waals surface area contributed by atoms with E-state index in [9.17, 15) is 27.6 Å².